The van der Waals surface area contributed by atoms with Crippen LogP contribution in [0.15, 0.2) is 10.6 Å². The SMILES string of the molecule is Cl.O=C(c1cc(C2CC2)on1)N1C2CCNCC1CC2. The molecule has 3 fully saturated rings. The highest BCUT2D eigenvalue weighted by Crippen LogP contribution is 2.40. The lowest BCUT2D eigenvalue weighted by atomic mass is 10.1. The standard InChI is InChI=1S/C14H19N3O2.ClH/c18-14(12-7-13(19-16-12)9-1-2-9)17-10-3-4-11(17)8-15-6-5-10;/h7,9-11,15H,1-6,8H2;1H. The normalized spacial score (nSPS) is 28.9. The van der Waals surface area contributed by atoms with E-state index in [2.05, 4.69) is 15.4 Å². The molecule has 6 heteroatoms. The molecule has 20 heavy (non-hydrogen) atoms. The number of amides is 1. The number of nitrogens with zero attached hydrogens (tertiary/aromatic N) is 2. The summed E-state index contributed by atoms with van der Waals surface area (Å²) < 4.78 is 5.31. The van der Waals surface area contributed by atoms with Crippen molar-refractivity contribution in [2.24, 2.45) is 0 Å². The maximum atomic E-state index is 12.6. The van der Waals surface area contributed by atoms with Crippen LogP contribution in [0.3, 0.4) is 0 Å². The van der Waals surface area contributed by atoms with Crippen LogP contribution in [-0.2, 0) is 0 Å². The first kappa shape index (κ1) is 13.9. The van der Waals surface area contributed by atoms with Crippen molar-refractivity contribution in [1.82, 2.24) is 15.4 Å². The molecular weight excluding hydrogens is 278 g/mol. The van der Waals surface area contributed by atoms with Crippen LogP contribution >= 0.6 is 12.4 Å². The molecule has 1 amide bonds. The van der Waals surface area contributed by atoms with Crippen LogP contribution < -0.4 is 5.32 Å². The molecule has 0 spiro atoms. The van der Waals surface area contributed by atoms with Gasteiger partial charge in [-0.2, -0.15) is 0 Å². The second-order valence-corrected chi connectivity index (χ2v) is 5.98. The number of nitrogens with one attached hydrogen (secondary N) is 1. The van der Waals surface area contributed by atoms with Gasteiger partial charge < -0.3 is 14.7 Å². The zero-order valence-corrected chi connectivity index (χ0v) is 12.2. The van der Waals surface area contributed by atoms with Crippen LogP contribution in [0.1, 0.15) is 54.3 Å². The minimum atomic E-state index is 0. The Bertz CT molecular complexity index is 486. The van der Waals surface area contributed by atoms with Gasteiger partial charge in [-0.15, -0.1) is 12.4 Å². The van der Waals surface area contributed by atoms with Crippen LogP contribution in [0.2, 0.25) is 0 Å². The van der Waals surface area contributed by atoms with E-state index in [9.17, 15) is 4.79 Å². The van der Waals surface area contributed by atoms with E-state index in [1.54, 1.807) is 0 Å². The summed E-state index contributed by atoms with van der Waals surface area (Å²) in [6, 6.07) is 2.58. The smallest absolute Gasteiger partial charge is 0.276 e. The largest absolute Gasteiger partial charge is 0.360 e. The van der Waals surface area contributed by atoms with Gasteiger partial charge in [-0.1, -0.05) is 5.16 Å². The van der Waals surface area contributed by atoms with E-state index in [0.29, 0.717) is 23.7 Å². The first-order chi connectivity index (χ1) is 9.33. The van der Waals surface area contributed by atoms with Crippen LogP contribution in [0.4, 0.5) is 0 Å². The van der Waals surface area contributed by atoms with Crippen LogP contribution in [0, 0.1) is 0 Å². The molecule has 3 aliphatic rings. The predicted octanol–water partition coefficient (Wildman–Crippen LogP) is 1.94. The molecule has 1 aliphatic carbocycles. The maximum absolute atomic E-state index is 12.6. The number of aromatic nitrogens is 1. The summed E-state index contributed by atoms with van der Waals surface area (Å²) in [6.45, 7) is 1.92. The fraction of sp³-hybridized carbons (Fsp3) is 0.714. The zero-order valence-electron chi connectivity index (χ0n) is 11.4. The van der Waals surface area contributed by atoms with Crippen molar-refractivity contribution < 1.29 is 9.32 Å². The molecule has 1 N–H and O–H groups in total. The van der Waals surface area contributed by atoms with Crippen LogP contribution in [0.5, 0.6) is 0 Å². The van der Waals surface area contributed by atoms with Crippen molar-refractivity contribution in [3.05, 3.63) is 17.5 Å². The Morgan fingerprint density at radius 3 is 2.85 bits per heavy atom. The van der Waals surface area contributed by atoms with Crippen molar-refractivity contribution in [3.63, 3.8) is 0 Å². The summed E-state index contributed by atoms with van der Waals surface area (Å²) in [5.74, 6) is 1.46. The summed E-state index contributed by atoms with van der Waals surface area (Å²) in [5.41, 5.74) is 0.501. The highest BCUT2D eigenvalue weighted by molar-refractivity contribution is 5.93. The molecule has 2 atom stereocenters. The van der Waals surface area contributed by atoms with Gasteiger partial charge in [0.15, 0.2) is 5.69 Å². The molecule has 1 saturated carbocycles. The molecule has 5 nitrogen and oxygen atoms in total. The molecule has 2 bridgehead atoms. The van der Waals surface area contributed by atoms with Gasteiger partial charge in [-0.05, 0) is 38.6 Å². The lowest BCUT2D eigenvalue weighted by Crippen LogP contribution is -2.42. The van der Waals surface area contributed by atoms with E-state index in [4.69, 9.17) is 4.52 Å². The number of carbonyl (C=O) groups is 1. The Kier molecular flexibility index (Phi) is 3.73. The van der Waals surface area contributed by atoms with Crippen molar-refractivity contribution in [2.45, 2.75) is 50.1 Å². The van der Waals surface area contributed by atoms with Gasteiger partial charge in [0.25, 0.3) is 5.91 Å². The van der Waals surface area contributed by atoms with E-state index in [0.717, 1.165) is 38.1 Å². The maximum Gasteiger partial charge on any atom is 0.276 e. The average molecular weight is 298 g/mol. The van der Waals surface area contributed by atoms with Gasteiger partial charge >= 0.3 is 0 Å². The van der Waals surface area contributed by atoms with Gasteiger partial charge in [0.05, 0.1) is 0 Å². The van der Waals surface area contributed by atoms with E-state index in [1.807, 2.05) is 6.07 Å². The van der Waals surface area contributed by atoms with Crippen molar-refractivity contribution in [2.75, 3.05) is 13.1 Å². The van der Waals surface area contributed by atoms with Gasteiger partial charge in [0.1, 0.15) is 5.76 Å². The Hall–Kier alpha value is -1.07. The van der Waals surface area contributed by atoms with Gasteiger partial charge in [-0.25, -0.2) is 0 Å². The van der Waals surface area contributed by atoms with Crippen LogP contribution in [0.25, 0.3) is 0 Å². The molecule has 110 valence electrons. The summed E-state index contributed by atoms with van der Waals surface area (Å²) >= 11 is 0. The second-order valence-electron chi connectivity index (χ2n) is 5.98. The Morgan fingerprint density at radius 1 is 1.25 bits per heavy atom. The summed E-state index contributed by atoms with van der Waals surface area (Å²) in [5, 5.41) is 7.40. The second kappa shape index (κ2) is 5.37. The third-order valence-corrected chi connectivity index (χ3v) is 4.62. The average Bonchev–Trinajstić information content (AvgIpc) is 3.04. The third-order valence-electron chi connectivity index (χ3n) is 4.62. The Morgan fingerprint density at radius 2 is 2.05 bits per heavy atom. The monoisotopic (exact) mass is 297 g/mol. The van der Waals surface area contributed by atoms with Crippen molar-refractivity contribution >= 4 is 18.3 Å². The highest BCUT2D eigenvalue weighted by Gasteiger charge is 2.39. The van der Waals surface area contributed by atoms with E-state index in [1.165, 1.54) is 12.8 Å². The minimum absolute atomic E-state index is 0. The number of hydrogen-bond acceptors (Lipinski definition) is 4. The zero-order chi connectivity index (χ0) is 12.8. The minimum Gasteiger partial charge on any atom is -0.360 e. The highest BCUT2D eigenvalue weighted by atomic mass is 35.5. The summed E-state index contributed by atoms with van der Waals surface area (Å²) in [4.78, 5) is 14.7. The molecule has 3 heterocycles. The summed E-state index contributed by atoms with van der Waals surface area (Å²) in [7, 11) is 0. The molecule has 0 radical (unpaired) electrons. The Balaban J connectivity index is 0.00000121. The molecule has 2 aliphatic heterocycles. The molecule has 2 unspecified atom stereocenters. The molecule has 2 saturated heterocycles. The fourth-order valence-electron chi connectivity index (χ4n) is 3.40. The number of fused-ring (bicyclic) bond motifs is 2. The first-order valence-electron chi connectivity index (χ1n) is 7.33. The van der Waals surface area contributed by atoms with E-state index < -0.39 is 0 Å². The lowest BCUT2D eigenvalue weighted by molar-refractivity contribution is 0.0669. The van der Waals surface area contributed by atoms with Gasteiger partial charge in [0.2, 0.25) is 0 Å². The molecular formula is C14H20ClN3O2. The molecule has 4 rings (SSSR count). The summed E-state index contributed by atoms with van der Waals surface area (Å²) in [6.07, 6.45) is 5.63. The van der Waals surface area contributed by atoms with Gasteiger partial charge in [-0.3, -0.25) is 4.79 Å². The predicted molar refractivity (Wildman–Crippen MR) is 76.2 cm³/mol. The topological polar surface area (TPSA) is 58.4 Å². The third kappa shape index (κ3) is 2.33. The van der Waals surface area contributed by atoms with Crippen LogP contribution in [-0.4, -0.2) is 41.1 Å². The van der Waals surface area contributed by atoms with Gasteiger partial charge in [0, 0.05) is 30.6 Å². The molecule has 1 aromatic rings. The van der Waals surface area contributed by atoms with E-state index in [-0.39, 0.29) is 18.3 Å². The first-order valence-corrected chi connectivity index (χ1v) is 7.33. The number of hydrogen-bond donors (Lipinski definition) is 1. The number of rotatable bonds is 2. The quantitative estimate of drug-likeness (QED) is 0.906. The van der Waals surface area contributed by atoms with Crippen molar-refractivity contribution in [3.8, 4) is 0 Å². The Labute approximate surface area is 124 Å². The fourth-order valence-corrected chi connectivity index (χ4v) is 3.40. The number of halogens is 1. The molecule has 0 aromatic carbocycles. The van der Waals surface area contributed by atoms with Crippen molar-refractivity contribution in [1.29, 1.82) is 0 Å². The lowest BCUT2D eigenvalue weighted by Gasteiger charge is -2.26. The number of carbonyl (C=O) groups excluding carboxylic acids is 1. The van der Waals surface area contributed by atoms with E-state index >= 15 is 0 Å². The molecule has 1 aromatic heterocycles.